The molecule has 0 bridgehead atoms. The fourth-order valence-electron chi connectivity index (χ4n) is 2.14. The summed E-state index contributed by atoms with van der Waals surface area (Å²) < 4.78 is 4.91. The predicted octanol–water partition coefficient (Wildman–Crippen LogP) is 1.49. The molecular weight excluding hydrogens is 222 g/mol. The van der Waals surface area contributed by atoms with Gasteiger partial charge in [-0.25, -0.2) is 0 Å². The monoisotopic (exact) mass is 237 g/mol. The van der Waals surface area contributed by atoms with Crippen LogP contribution in [0.5, 0.6) is 0 Å². The van der Waals surface area contributed by atoms with Crippen molar-refractivity contribution in [3.05, 3.63) is 24.2 Å². The maximum Gasteiger partial charge on any atom is 0.319 e. The molecule has 0 radical (unpaired) electrons. The Labute approximate surface area is 99.0 Å². The van der Waals surface area contributed by atoms with E-state index in [4.69, 9.17) is 9.52 Å². The molecule has 0 aromatic carbocycles. The molecule has 1 aliphatic rings. The van der Waals surface area contributed by atoms with Crippen molar-refractivity contribution < 1.29 is 19.1 Å². The molecule has 1 fully saturated rings. The molecule has 1 N–H and O–H groups in total. The number of nitrogens with zero attached hydrogens (tertiary/aromatic N) is 1. The molecule has 1 aromatic heterocycles. The standard InChI is InChI=1S/C12H15NO4/c1-13(7-9-3-6-17-8-9)10(14)12(11(15)16)4-2-5-12/h3,6,8H,2,4-5,7H2,1H3,(H,15,16). The fourth-order valence-corrected chi connectivity index (χ4v) is 2.14. The van der Waals surface area contributed by atoms with E-state index in [0.717, 1.165) is 12.0 Å². The molecule has 0 unspecified atom stereocenters. The van der Waals surface area contributed by atoms with Crippen LogP contribution in [-0.2, 0) is 16.1 Å². The topological polar surface area (TPSA) is 70.8 Å². The van der Waals surface area contributed by atoms with Gasteiger partial charge >= 0.3 is 5.97 Å². The van der Waals surface area contributed by atoms with Gasteiger partial charge in [0.05, 0.1) is 12.5 Å². The molecule has 5 heteroatoms. The summed E-state index contributed by atoms with van der Waals surface area (Å²) in [4.78, 5) is 24.8. The highest BCUT2D eigenvalue weighted by Crippen LogP contribution is 2.42. The average molecular weight is 237 g/mol. The number of furan rings is 1. The molecule has 1 saturated carbocycles. The minimum Gasteiger partial charge on any atom is -0.480 e. The van der Waals surface area contributed by atoms with Gasteiger partial charge in [-0.1, -0.05) is 6.42 Å². The van der Waals surface area contributed by atoms with Crippen molar-refractivity contribution >= 4 is 11.9 Å². The third-order valence-corrected chi connectivity index (χ3v) is 3.37. The van der Waals surface area contributed by atoms with Crippen LogP contribution in [0.25, 0.3) is 0 Å². The molecule has 1 amide bonds. The molecule has 0 atom stereocenters. The Bertz CT molecular complexity index is 420. The van der Waals surface area contributed by atoms with Gasteiger partial charge in [0.15, 0.2) is 0 Å². The SMILES string of the molecule is CN(Cc1ccoc1)C(=O)C1(C(=O)O)CCC1. The molecule has 1 aliphatic carbocycles. The van der Waals surface area contributed by atoms with Crippen molar-refractivity contribution in [1.29, 1.82) is 0 Å². The lowest BCUT2D eigenvalue weighted by Gasteiger charge is -2.38. The largest absolute Gasteiger partial charge is 0.480 e. The van der Waals surface area contributed by atoms with E-state index >= 15 is 0 Å². The summed E-state index contributed by atoms with van der Waals surface area (Å²) in [7, 11) is 1.62. The zero-order valence-corrected chi connectivity index (χ0v) is 9.68. The first kappa shape index (κ1) is 11.7. The molecule has 0 saturated heterocycles. The van der Waals surface area contributed by atoms with Crippen molar-refractivity contribution in [2.24, 2.45) is 5.41 Å². The third kappa shape index (κ3) is 1.92. The maximum absolute atomic E-state index is 12.1. The summed E-state index contributed by atoms with van der Waals surface area (Å²) >= 11 is 0. The molecule has 0 spiro atoms. The number of hydrogen-bond donors (Lipinski definition) is 1. The molecule has 0 aliphatic heterocycles. The Morgan fingerprint density at radius 2 is 2.24 bits per heavy atom. The van der Waals surface area contributed by atoms with Crippen LogP contribution in [0.1, 0.15) is 24.8 Å². The van der Waals surface area contributed by atoms with E-state index in [-0.39, 0.29) is 5.91 Å². The fraction of sp³-hybridized carbons (Fsp3) is 0.500. The van der Waals surface area contributed by atoms with Crippen molar-refractivity contribution in [3.8, 4) is 0 Å². The van der Waals surface area contributed by atoms with E-state index in [9.17, 15) is 9.59 Å². The number of amides is 1. The molecule has 1 aromatic rings. The predicted molar refractivity (Wildman–Crippen MR) is 59.1 cm³/mol. The first-order valence-electron chi connectivity index (χ1n) is 5.56. The van der Waals surface area contributed by atoms with Gasteiger partial charge in [-0.3, -0.25) is 9.59 Å². The van der Waals surface area contributed by atoms with Gasteiger partial charge in [-0.05, 0) is 18.9 Å². The van der Waals surface area contributed by atoms with Crippen LogP contribution >= 0.6 is 0 Å². The van der Waals surface area contributed by atoms with Crippen molar-refractivity contribution in [2.75, 3.05) is 7.05 Å². The van der Waals surface area contributed by atoms with Crippen LogP contribution in [0.3, 0.4) is 0 Å². The van der Waals surface area contributed by atoms with Gasteiger partial charge in [0.2, 0.25) is 5.91 Å². The molecule has 92 valence electrons. The second-order valence-corrected chi connectivity index (χ2v) is 4.53. The zero-order chi connectivity index (χ0) is 12.5. The lowest BCUT2D eigenvalue weighted by atomic mass is 9.68. The van der Waals surface area contributed by atoms with Crippen LogP contribution in [0, 0.1) is 5.41 Å². The minimum atomic E-state index is -1.18. The van der Waals surface area contributed by atoms with Crippen LogP contribution < -0.4 is 0 Å². The summed E-state index contributed by atoms with van der Waals surface area (Å²) in [6.07, 6.45) is 4.77. The normalized spacial score (nSPS) is 17.2. The number of carboxylic acids is 1. The molecule has 17 heavy (non-hydrogen) atoms. The number of carbonyl (C=O) groups excluding carboxylic acids is 1. The summed E-state index contributed by atoms with van der Waals surface area (Å²) in [5.74, 6) is -1.31. The van der Waals surface area contributed by atoms with E-state index in [2.05, 4.69) is 0 Å². The maximum atomic E-state index is 12.1. The Morgan fingerprint density at radius 1 is 1.53 bits per heavy atom. The Hall–Kier alpha value is -1.78. The first-order valence-corrected chi connectivity index (χ1v) is 5.56. The van der Waals surface area contributed by atoms with E-state index in [0.29, 0.717) is 19.4 Å². The van der Waals surface area contributed by atoms with E-state index in [1.807, 2.05) is 0 Å². The quantitative estimate of drug-likeness (QED) is 0.805. The van der Waals surface area contributed by atoms with Gasteiger partial charge < -0.3 is 14.4 Å². The number of aliphatic carboxylic acids is 1. The minimum absolute atomic E-state index is 0.308. The Balaban J connectivity index is 2.06. The zero-order valence-electron chi connectivity index (χ0n) is 9.68. The van der Waals surface area contributed by atoms with Crippen molar-refractivity contribution in [3.63, 3.8) is 0 Å². The van der Waals surface area contributed by atoms with Crippen molar-refractivity contribution in [2.45, 2.75) is 25.8 Å². The smallest absolute Gasteiger partial charge is 0.319 e. The molecule has 2 rings (SSSR count). The second kappa shape index (κ2) is 4.24. The van der Waals surface area contributed by atoms with Gasteiger partial charge in [0, 0.05) is 19.2 Å². The van der Waals surface area contributed by atoms with E-state index in [1.165, 1.54) is 11.2 Å². The Morgan fingerprint density at radius 3 is 2.65 bits per heavy atom. The summed E-state index contributed by atoms with van der Waals surface area (Å²) in [5.41, 5.74) is -0.320. The average Bonchev–Trinajstić information content (AvgIpc) is 2.67. The third-order valence-electron chi connectivity index (χ3n) is 3.37. The number of rotatable bonds is 4. The summed E-state index contributed by atoms with van der Waals surface area (Å²) in [6.45, 7) is 0.379. The number of carboxylic acid groups (broad SMARTS) is 1. The summed E-state index contributed by atoms with van der Waals surface area (Å²) in [5, 5.41) is 9.16. The van der Waals surface area contributed by atoms with Crippen LogP contribution in [0.2, 0.25) is 0 Å². The molecule has 5 nitrogen and oxygen atoms in total. The number of carbonyl (C=O) groups is 2. The summed E-state index contributed by atoms with van der Waals surface area (Å²) in [6, 6.07) is 1.76. The molecular formula is C12H15NO4. The lowest BCUT2D eigenvalue weighted by molar-refractivity contribution is -0.167. The highest BCUT2D eigenvalue weighted by Gasteiger charge is 2.52. The Kier molecular flexibility index (Phi) is 2.92. The number of hydrogen-bond acceptors (Lipinski definition) is 3. The van der Waals surface area contributed by atoms with Gasteiger partial charge in [0.25, 0.3) is 0 Å². The van der Waals surface area contributed by atoms with Crippen LogP contribution in [0.4, 0.5) is 0 Å². The molecule has 1 heterocycles. The highest BCUT2D eigenvalue weighted by molar-refractivity contribution is 6.02. The first-order chi connectivity index (χ1) is 8.06. The van der Waals surface area contributed by atoms with Crippen LogP contribution in [-0.4, -0.2) is 28.9 Å². The van der Waals surface area contributed by atoms with Gasteiger partial charge in [0.1, 0.15) is 5.41 Å². The highest BCUT2D eigenvalue weighted by atomic mass is 16.4. The van der Waals surface area contributed by atoms with Gasteiger partial charge in [-0.2, -0.15) is 0 Å². The second-order valence-electron chi connectivity index (χ2n) is 4.53. The lowest BCUT2D eigenvalue weighted by Crippen LogP contribution is -2.51. The van der Waals surface area contributed by atoms with E-state index in [1.54, 1.807) is 19.4 Å². The van der Waals surface area contributed by atoms with Crippen molar-refractivity contribution in [1.82, 2.24) is 4.90 Å². The van der Waals surface area contributed by atoms with E-state index < -0.39 is 11.4 Å². The van der Waals surface area contributed by atoms with Crippen LogP contribution in [0.15, 0.2) is 23.0 Å². The van der Waals surface area contributed by atoms with Gasteiger partial charge in [-0.15, -0.1) is 0 Å².